The van der Waals surface area contributed by atoms with E-state index in [9.17, 15) is 14.4 Å². The molecule has 0 aliphatic carbocycles. The fourth-order valence-corrected chi connectivity index (χ4v) is 3.73. The molecule has 1 aliphatic heterocycles. The minimum Gasteiger partial charge on any atom is -0.493 e. The van der Waals surface area contributed by atoms with E-state index in [4.69, 9.17) is 9.47 Å². The van der Waals surface area contributed by atoms with Crippen molar-refractivity contribution in [3.8, 4) is 11.5 Å². The Hall–Kier alpha value is -2.77. The lowest BCUT2D eigenvalue weighted by atomic mass is 9.88. The van der Waals surface area contributed by atoms with Gasteiger partial charge in [-0.1, -0.05) is 32.8 Å². The summed E-state index contributed by atoms with van der Waals surface area (Å²) in [5, 5.41) is 2.83. The maximum absolute atomic E-state index is 12.9. The quantitative estimate of drug-likeness (QED) is 0.605. The topological polar surface area (TPSA) is 88.2 Å². The second-order valence-electron chi connectivity index (χ2n) is 7.34. The van der Waals surface area contributed by atoms with E-state index in [1.165, 1.54) is 4.90 Å². The van der Waals surface area contributed by atoms with Crippen molar-refractivity contribution in [2.75, 3.05) is 27.8 Å². The lowest BCUT2D eigenvalue weighted by Gasteiger charge is -2.26. The Morgan fingerprint density at radius 1 is 1.10 bits per heavy atom. The molecule has 1 N–H and O–H groups in total. The highest BCUT2D eigenvalue weighted by atomic mass is 16.5. The molecule has 1 aromatic carbocycles. The average Bonchev–Trinajstić information content (AvgIpc) is 2.92. The van der Waals surface area contributed by atoms with E-state index in [0.717, 1.165) is 23.3 Å². The van der Waals surface area contributed by atoms with Crippen LogP contribution in [0.1, 0.15) is 45.1 Å². The van der Waals surface area contributed by atoms with Crippen LogP contribution in [0.25, 0.3) is 0 Å². The number of rotatable bonds is 10. The zero-order chi connectivity index (χ0) is 21.6. The summed E-state index contributed by atoms with van der Waals surface area (Å²) in [7, 11) is 4.75. The molecule has 0 atom stereocenters. The van der Waals surface area contributed by atoms with Gasteiger partial charge in [0.1, 0.15) is 12.1 Å². The number of ether oxygens (including phenoxy) is 2. The molecule has 1 saturated heterocycles. The monoisotopic (exact) mass is 405 g/mol. The van der Waals surface area contributed by atoms with Gasteiger partial charge in [0.25, 0.3) is 5.91 Å². The minimum atomic E-state index is -0.886. The highest BCUT2D eigenvalue weighted by molar-refractivity contribution is 6.09. The molecule has 8 heteroatoms. The van der Waals surface area contributed by atoms with Crippen molar-refractivity contribution < 1.29 is 23.9 Å². The first-order valence-electron chi connectivity index (χ1n) is 9.90. The number of carbonyl (C=O) groups excluding carboxylic acids is 3. The van der Waals surface area contributed by atoms with Crippen LogP contribution in [0.4, 0.5) is 4.79 Å². The minimum absolute atomic E-state index is 0.274. The Morgan fingerprint density at radius 3 is 2.28 bits per heavy atom. The maximum Gasteiger partial charge on any atom is 0.325 e. The van der Waals surface area contributed by atoms with Crippen molar-refractivity contribution >= 4 is 17.8 Å². The van der Waals surface area contributed by atoms with Crippen LogP contribution in [0.3, 0.4) is 0 Å². The highest BCUT2D eigenvalue weighted by Gasteiger charge is 2.50. The summed E-state index contributed by atoms with van der Waals surface area (Å²) in [6.07, 6.45) is 2.68. The van der Waals surface area contributed by atoms with Gasteiger partial charge >= 0.3 is 6.03 Å². The normalized spacial score (nSPS) is 15.3. The van der Waals surface area contributed by atoms with Gasteiger partial charge < -0.3 is 19.7 Å². The third-order valence-corrected chi connectivity index (χ3v) is 5.19. The molecule has 1 heterocycles. The standard InChI is InChI=1S/C21H31N3O5/c1-6-10-21(11-7-2)19(26)24(20(27)22-21)14-18(25)23(3)13-15-8-9-16(28-4)17(12-15)29-5/h8-9,12H,6-7,10-11,13-14H2,1-5H3,(H,22,27). The summed E-state index contributed by atoms with van der Waals surface area (Å²) in [6.45, 7) is 3.99. The van der Waals surface area contributed by atoms with E-state index < -0.39 is 11.6 Å². The number of methoxy groups -OCH3 is 2. The Kier molecular flexibility index (Phi) is 7.47. The lowest BCUT2D eigenvalue weighted by Crippen LogP contribution is -2.47. The van der Waals surface area contributed by atoms with Crippen LogP contribution in [0, 0.1) is 0 Å². The SMILES string of the molecule is CCCC1(CCC)NC(=O)N(CC(=O)N(C)Cc2ccc(OC)c(OC)c2)C1=O. The number of likely N-dealkylation sites (N-methyl/N-ethyl adjacent to an activating group) is 1. The van der Waals surface area contributed by atoms with E-state index in [2.05, 4.69) is 5.32 Å². The lowest BCUT2D eigenvalue weighted by molar-refractivity contribution is -0.138. The molecule has 160 valence electrons. The number of nitrogens with one attached hydrogen (secondary N) is 1. The molecule has 1 aromatic rings. The van der Waals surface area contributed by atoms with Gasteiger partial charge in [0.15, 0.2) is 11.5 Å². The third-order valence-electron chi connectivity index (χ3n) is 5.19. The number of hydrogen-bond donors (Lipinski definition) is 1. The molecule has 0 radical (unpaired) electrons. The number of hydrogen-bond acceptors (Lipinski definition) is 5. The van der Waals surface area contributed by atoms with E-state index in [1.807, 2.05) is 19.9 Å². The molecule has 0 aromatic heterocycles. The molecule has 29 heavy (non-hydrogen) atoms. The summed E-state index contributed by atoms with van der Waals surface area (Å²) >= 11 is 0. The van der Waals surface area contributed by atoms with Crippen LogP contribution >= 0.6 is 0 Å². The molecule has 0 spiro atoms. The molecular weight excluding hydrogens is 374 g/mol. The highest BCUT2D eigenvalue weighted by Crippen LogP contribution is 2.29. The Bertz CT molecular complexity index is 759. The van der Waals surface area contributed by atoms with Gasteiger partial charge in [0.05, 0.1) is 14.2 Å². The number of nitrogens with zero attached hydrogens (tertiary/aromatic N) is 2. The van der Waals surface area contributed by atoms with Crippen molar-refractivity contribution in [1.82, 2.24) is 15.1 Å². The first-order valence-corrected chi connectivity index (χ1v) is 9.90. The number of urea groups is 1. The summed E-state index contributed by atoms with van der Waals surface area (Å²) in [4.78, 5) is 40.6. The molecule has 1 fully saturated rings. The molecule has 0 saturated carbocycles. The Labute approximate surface area is 172 Å². The van der Waals surface area contributed by atoms with Crippen molar-refractivity contribution in [2.45, 2.75) is 51.6 Å². The maximum atomic E-state index is 12.9. The number of carbonyl (C=O) groups is 3. The predicted octanol–water partition coefficient (Wildman–Crippen LogP) is 2.55. The van der Waals surface area contributed by atoms with Crippen molar-refractivity contribution in [2.24, 2.45) is 0 Å². The van der Waals surface area contributed by atoms with Crippen molar-refractivity contribution in [1.29, 1.82) is 0 Å². The Balaban J connectivity index is 2.07. The third kappa shape index (κ3) is 4.81. The van der Waals surface area contributed by atoms with Gasteiger partial charge in [-0.2, -0.15) is 0 Å². The fourth-order valence-electron chi connectivity index (χ4n) is 3.73. The van der Waals surface area contributed by atoms with Crippen LogP contribution in [-0.4, -0.2) is 61.0 Å². The van der Waals surface area contributed by atoms with Crippen LogP contribution < -0.4 is 14.8 Å². The molecule has 8 nitrogen and oxygen atoms in total. The predicted molar refractivity (Wildman–Crippen MR) is 109 cm³/mol. The molecule has 1 aliphatic rings. The van der Waals surface area contributed by atoms with Gasteiger partial charge in [-0.3, -0.25) is 14.5 Å². The number of benzene rings is 1. The van der Waals surface area contributed by atoms with E-state index in [-0.39, 0.29) is 18.4 Å². The molecule has 4 amide bonds. The van der Waals surface area contributed by atoms with Gasteiger partial charge in [0.2, 0.25) is 5.91 Å². The number of amides is 4. The molecule has 2 rings (SSSR count). The van der Waals surface area contributed by atoms with Crippen LogP contribution in [-0.2, 0) is 16.1 Å². The smallest absolute Gasteiger partial charge is 0.325 e. The van der Waals surface area contributed by atoms with Gasteiger partial charge in [-0.25, -0.2) is 4.79 Å². The van der Waals surface area contributed by atoms with Crippen molar-refractivity contribution in [3.05, 3.63) is 23.8 Å². The first-order chi connectivity index (χ1) is 13.8. The Morgan fingerprint density at radius 2 is 1.72 bits per heavy atom. The average molecular weight is 405 g/mol. The summed E-state index contributed by atoms with van der Waals surface area (Å²) in [5.41, 5.74) is -0.0370. The zero-order valence-electron chi connectivity index (χ0n) is 17.9. The van der Waals surface area contributed by atoms with Crippen LogP contribution in [0.2, 0.25) is 0 Å². The first kappa shape index (κ1) is 22.5. The van der Waals surface area contributed by atoms with Crippen molar-refractivity contribution in [3.63, 3.8) is 0 Å². The fraction of sp³-hybridized carbons (Fsp3) is 0.571. The van der Waals surface area contributed by atoms with Crippen LogP contribution in [0.15, 0.2) is 18.2 Å². The number of imide groups is 1. The van der Waals surface area contributed by atoms with E-state index in [1.54, 1.807) is 33.4 Å². The molecule has 0 unspecified atom stereocenters. The molecular formula is C21H31N3O5. The van der Waals surface area contributed by atoms with E-state index >= 15 is 0 Å². The second kappa shape index (κ2) is 9.62. The summed E-state index contributed by atoms with van der Waals surface area (Å²) in [5.74, 6) is 0.558. The summed E-state index contributed by atoms with van der Waals surface area (Å²) in [6, 6.07) is 4.91. The van der Waals surface area contributed by atoms with E-state index in [0.29, 0.717) is 30.9 Å². The second-order valence-corrected chi connectivity index (χ2v) is 7.34. The van der Waals surface area contributed by atoms with Gasteiger partial charge in [0, 0.05) is 13.6 Å². The zero-order valence-corrected chi connectivity index (χ0v) is 17.9. The molecule has 0 bridgehead atoms. The summed E-state index contributed by atoms with van der Waals surface area (Å²) < 4.78 is 10.5. The van der Waals surface area contributed by atoms with Gasteiger partial charge in [-0.05, 0) is 30.5 Å². The van der Waals surface area contributed by atoms with Crippen LogP contribution in [0.5, 0.6) is 11.5 Å². The largest absolute Gasteiger partial charge is 0.493 e. The van der Waals surface area contributed by atoms with Gasteiger partial charge in [-0.15, -0.1) is 0 Å².